The molecule has 76 valence electrons. The Kier molecular flexibility index (Phi) is 3.39. The first-order valence-electron chi connectivity index (χ1n) is 4.97. The summed E-state index contributed by atoms with van der Waals surface area (Å²) in [5.41, 5.74) is 2.71. The van der Waals surface area contributed by atoms with Crippen LogP contribution in [0.25, 0.3) is 0 Å². The van der Waals surface area contributed by atoms with Gasteiger partial charge in [0.15, 0.2) is 5.78 Å². The van der Waals surface area contributed by atoms with Gasteiger partial charge in [-0.25, -0.2) is 0 Å². The largest absolute Gasteiger partial charge is 0.292 e. The molecule has 0 amide bonds. The van der Waals surface area contributed by atoms with Crippen LogP contribution in [0.1, 0.15) is 41.9 Å². The lowest BCUT2D eigenvalue weighted by Gasteiger charge is -2.06. The number of ketones is 1. The van der Waals surface area contributed by atoms with E-state index in [1.54, 1.807) is 6.20 Å². The summed E-state index contributed by atoms with van der Waals surface area (Å²) in [6.45, 7) is 8.01. The zero-order valence-electron chi connectivity index (χ0n) is 9.29. The molecule has 0 radical (unpaired) electrons. The van der Waals surface area contributed by atoms with Crippen molar-refractivity contribution in [3.05, 3.63) is 29.1 Å². The summed E-state index contributed by atoms with van der Waals surface area (Å²) in [5, 5.41) is 0. The Bertz CT molecular complexity index is 342. The quantitative estimate of drug-likeness (QED) is 0.687. The molecule has 14 heavy (non-hydrogen) atoms. The lowest BCUT2D eigenvalue weighted by Crippen LogP contribution is -2.08. The standard InChI is InChI=1S/C12H17NO/c1-8(2)5-11(14)12-10(4)6-9(3)7-13-12/h6-8H,5H2,1-4H3. The van der Waals surface area contributed by atoms with Gasteiger partial charge in [0.2, 0.25) is 0 Å². The number of nitrogens with zero attached hydrogens (tertiary/aromatic N) is 1. The fraction of sp³-hybridized carbons (Fsp3) is 0.500. The van der Waals surface area contributed by atoms with Gasteiger partial charge in [0.25, 0.3) is 0 Å². The van der Waals surface area contributed by atoms with Crippen molar-refractivity contribution in [1.29, 1.82) is 0 Å². The van der Waals surface area contributed by atoms with Gasteiger partial charge in [-0.1, -0.05) is 19.9 Å². The van der Waals surface area contributed by atoms with Crippen molar-refractivity contribution >= 4 is 5.78 Å². The Morgan fingerprint density at radius 1 is 1.43 bits per heavy atom. The number of pyridine rings is 1. The van der Waals surface area contributed by atoms with E-state index in [4.69, 9.17) is 0 Å². The normalized spacial score (nSPS) is 10.6. The van der Waals surface area contributed by atoms with Crippen LogP contribution < -0.4 is 0 Å². The number of aryl methyl sites for hydroxylation is 2. The highest BCUT2D eigenvalue weighted by molar-refractivity contribution is 5.95. The number of carbonyl (C=O) groups is 1. The van der Waals surface area contributed by atoms with E-state index in [1.165, 1.54) is 0 Å². The lowest BCUT2D eigenvalue weighted by molar-refractivity contribution is 0.0962. The number of aromatic nitrogens is 1. The highest BCUT2D eigenvalue weighted by Gasteiger charge is 2.11. The minimum atomic E-state index is 0.150. The maximum absolute atomic E-state index is 11.7. The third-order valence-electron chi connectivity index (χ3n) is 2.07. The summed E-state index contributed by atoms with van der Waals surface area (Å²) >= 11 is 0. The lowest BCUT2D eigenvalue weighted by atomic mass is 10.0. The molecule has 2 heteroatoms. The molecule has 1 aromatic rings. The molecule has 0 aliphatic heterocycles. The van der Waals surface area contributed by atoms with E-state index in [9.17, 15) is 4.79 Å². The van der Waals surface area contributed by atoms with Crippen LogP contribution in [0.2, 0.25) is 0 Å². The average Bonchev–Trinajstić information content (AvgIpc) is 2.01. The number of hydrogen-bond donors (Lipinski definition) is 0. The first-order chi connectivity index (χ1) is 6.50. The van der Waals surface area contributed by atoms with Gasteiger partial charge in [-0.3, -0.25) is 9.78 Å². The Morgan fingerprint density at radius 3 is 2.57 bits per heavy atom. The first kappa shape index (κ1) is 10.9. The molecule has 0 bridgehead atoms. The minimum absolute atomic E-state index is 0.150. The molecule has 2 nitrogen and oxygen atoms in total. The Hall–Kier alpha value is -1.18. The van der Waals surface area contributed by atoms with Gasteiger partial charge >= 0.3 is 0 Å². The van der Waals surface area contributed by atoms with Crippen LogP contribution in [-0.2, 0) is 0 Å². The average molecular weight is 191 g/mol. The number of carbonyl (C=O) groups excluding carboxylic acids is 1. The van der Waals surface area contributed by atoms with Crippen molar-refractivity contribution in [2.75, 3.05) is 0 Å². The highest BCUT2D eigenvalue weighted by Crippen LogP contribution is 2.12. The van der Waals surface area contributed by atoms with Gasteiger partial charge in [-0.15, -0.1) is 0 Å². The van der Waals surface area contributed by atoms with Crippen molar-refractivity contribution in [1.82, 2.24) is 4.98 Å². The third kappa shape index (κ3) is 2.66. The summed E-state index contributed by atoms with van der Waals surface area (Å²) in [5.74, 6) is 0.544. The van der Waals surface area contributed by atoms with Gasteiger partial charge in [-0.05, 0) is 30.9 Å². The van der Waals surface area contributed by atoms with Gasteiger partial charge in [-0.2, -0.15) is 0 Å². The van der Waals surface area contributed by atoms with E-state index in [0.717, 1.165) is 11.1 Å². The Morgan fingerprint density at radius 2 is 2.07 bits per heavy atom. The van der Waals surface area contributed by atoms with Crippen LogP contribution in [-0.4, -0.2) is 10.8 Å². The smallest absolute Gasteiger partial charge is 0.181 e. The van der Waals surface area contributed by atoms with Crippen LogP contribution in [0.5, 0.6) is 0 Å². The zero-order chi connectivity index (χ0) is 10.7. The monoisotopic (exact) mass is 191 g/mol. The van der Waals surface area contributed by atoms with Crippen molar-refractivity contribution in [3.8, 4) is 0 Å². The molecule has 0 unspecified atom stereocenters. The van der Waals surface area contributed by atoms with E-state index in [1.807, 2.05) is 33.8 Å². The second kappa shape index (κ2) is 4.36. The van der Waals surface area contributed by atoms with Crippen molar-refractivity contribution < 1.29 is 4.79 Å². The summed E-state index contributed by atoms with van der Waals surface area (Å²) in [6, 6.07) is 2.00. The molecule has 1 rings (SSSR count). The molecule has 0 atom stereocenters. The SMILES string of the molecule is Cc1cnc(C(=O)CC(C)C)c(C)c1. The summed E-state index contributed by atoms with van der Waals surface area (Å²) in [6.07, 6.45) is 2.33. The molecule has 1 heterocycles. The van der Waals surface area contributed by atoms with E-state index in [2.05, 4.69) is 4.98 Å². The van der Waals surface area contributed by atoms with Crippen LogP contribution in [0, 0.1) is 19.8 Å². The molecular formula is C12H17NO. The van der Waals surface area contributed by atoms with E-state index < -0.39 is 0 Å². The summed E-state index contributed by atoms with van der Waals surface area (Å²) in [7, 11) is 0. The molecule has 1 aromatic heterocycles. The van der Waals surface area contributed by atoms with Crippen molar-refractivity contribution in [3.63, 3.8) is 0 Å². The third-order valence-corrected chi connectivity index (χ3v) is 2.07. The molecule has 0 N–H and O–H groups in total. The fourth-order valence-corrected chi connectivity index (χ4v) is 1.47. The van der Waals surface area contributed by atoms with Gasteiger partial charge in [0, 0.05) is 12.6 Å². The van der Waals surface area contributed by atoms with Crippen molar-refractivity contribution in [2.45, 2.75) is 34.1 Å². The first-order valence-corrected chi connectivity index (χ1v) is 4.97. The molecule has 0 aromatic carbocycles. The van der Waals surface area contributed by atoms with Gasteiger partial charge in [0.1, 0.15) is 5.69 Å². The van der Waals surface area contributed by atoms with Crippen LogP contribution in [0.3, 0.4) is 0 Å². The highest BCUT2D eigenvalue weighted by atomic mass is 16.1. The molecule has 0 saturated heterocycles. The number of Topliss-reactive ketones (excluding diaryl/α,β-unsaturated/α-hetero) is 1. The summed E-state index contributed by atoms with van der Waals surface area (Å²) < 4.78 is 0. The van der Waals surface area contributed by atoms with E-state index >= 15 is 0 Å². The molecule has 0 aliphatic carbocycles. The van der Waals surface area contributed by atoms with Crippen molar-refractivity contribution in [2.24, 2.45) is 5.92 Å². The predicted molar refractivity (Wildman–Crippen MR) is 57.5 cm³/mol. The number of hydrogen-bond acceptors (Lipinski definition) is 2. The predicted octanol–water partition coefficient (Wildman–Crippen LogP) is 2.93. The summed E-state index contributed by atoms with van der Waals surface area (Å²) in [4.78, 5) is 15.9. The van der Waals surface area contributed by atoms with Crippen LogP contribution in [0.15, 0.2) is 12.3 Å². The van der Waals surface area contributed by atoms with E-state index in [0.29, 0.717) is 18.0 Å². The van der Waals surface area contributed by atoms with Gasteiger partial charge in [0.05, 0.1) is 0 Å². The van der Waals surface area contributed by atoms with Crippen LogP contribution >= 0.6 is 0 Å². The van der Waals surface area contributed by atoms with Gasteiger partial charge < -0.3 is 0 Å². The molecule has 0 spiro atoms. The maximum Gasteiger partial charge on any atom is 0.181 e. The second-order valence-electron chi connectivity index (χ2n) is 4.20. The molecule has 0 saturated carbocycles. The Labute approximate surface area is 85.4 Å². The molecule has 0 aliphatic rings. The topological polar surface area (TPSA) is 30.0 Å². The minimum Gasteiger partial charge on any atom is -0.292 e. The zero-order valence-corrected chi connectivity index (χ0v) is 9.29. The second-order valence-corrected chi connectivity index (χ2v) is 4.20. The molecule has 0 fully saturated rings. The van der Waals surface area contributed by atoms with Crippen LogP contribution in [0.4, 0.5) is 0 Å². The maximum atomic E-state index is 11.7. The Balaban J connectivity index is 2.90. The fourth-order valence-electron chi connectivity index (χ4n) is 1.47. The number of rotatable bonds is 3. The van der Waals surface area contributed by atoms with E-state index in [-0.39, 0.29) is 5.78 Å². The molecular weight excluding hydrogens is 174 g/mol.